The summed E-state index contributed by atoms with van der Waals surface area (Å²) in [5.41, 5.74) is 2.54. The van der Waals surface area contributed by atoms with Crippen molar-refractivity contribution < 1.29 is 24.6 Å². The molecule has 3 saturated carbocycles. The summed E-state index contributed by atoms with van der Waals surface area (Å²) in [6.07, 6.45) is 10.2. The first-order valence-corrected chi connectivity index (χ1v) is 16.6. The summed E-state index contributed by atoms with van der Waals surface area (Å²) in [5.74, 6) is -0.230. The molecule has 2 aliphatic heterocycles. The molecule has 1 spiro atoms. The molecule has 2 N–H and O–H groups in total. The van der Waals surface area contributed by atoms with Crippen molar-refractivity contribution in [3.63, 3.8) is 0 Å². The fourth-order valence-electron chi connectivity index (χ4n) is 10.6. The van der Waals surface area contributed by atoms with Gasteiger partial charge in [0.2, 0.25) is 5.54 Å². The Bertz CT molecular complexity index is 1220. The second-order valence-corrected chi connectivity index (χ2v) is 14.5. The number of nitro groups is 1. The molecule has 0 amide bonds. The number of ether oxygens (including phenoxy) is 2. The number of anilines is 1. The van der Waals surface area contributed by atoms with Crippen LogP contribution in [0, 0.1) is 27.4 Å². The number of allylic oxidation sites excluding steroid dienone is 1. The molecule has 1 aromatic rings. The Hall–Kier alpha value is -2.00. The van der Waals surface area contributed by atoms with Crippen molar-refractivity contribution in [2.45, 2.75) is 113 Å². The summed E-state index contributed by atoms with van der Waals surface area (Å²) in [5, 5.41) is 35.0. The first-order chi connectivity index (χ1) is 20.2. The number of hydrogen-bond acceptors (Lipinski definition) is 7. The number of nitrogens with zero attached hydrogens (tertiary/aromatic N) is 2. The smallest absolute Gasteiger partial charge is 0.227 e. The number of rotatable bonds is 6. The molecule has 0 bridgehead atoms. The summed E-state index contributed by atoms with van der Waals surface area (Å²) < 4.78 is 12.2. The van der Waals surface area contributed by atoms with Gasteiger partial charge in [0.05, 0.1) is 18.8 Å². The largest absolute Gasteiger partial charge is 0.396 e. The number of benzene rings is 1. The van der Waals surface area contributed by atoms with E-state index in [2.05, 4.69) is 36.1 Å². The normalized spacial score (nSPS) is 39.2. The molecule has 230 valence electrons. The molecular weight excluding hydrogens is 532 g/mol. The highest BCUT2D eigenvalue weighted by molar-refractivity contribution is 5.51. The van der Waals surface area contributed by atoms with Gasteiger partial charge in [0.15, 0.2) is 5.79 Å². The highest BCUT2D eigenvalue weighted by Crippen LogP contribution is 2.69. The lowest BCUT2D eigenvalue weighted by atomic mass is 9.49. The molecule has 0 radical (unpaired) electrons. The minimum atomic E-state index is -1.03. The van der Waals surface area contributed by atoms with Crippen LogP contribution in [0.25, 0.3) is 0 Å². The Morgan fingerprint density at radius 3 is 2.48 bits per heavy atom. The van der Waals surface area contributed by atoms with Crippen molar-refractivity contribution in [1.82, 2.24) is 0 Å². The summed E-state index contributed by atoms with van der Waals surface area (Å²) in [4.78, 5) is 15.5. The summed E-state index contributed by atoms with van der Waals surface area (Å²) in [7, 11) is 0. The van der Waals surface area contributed by atoms with Crippen molar-refractivity contribution in [2.75, 3.05) is 37.8 Å². The summed E-state index contributed by atoms with van der Waals surface area (Å²) in [6, 6.07) is 9.03. The van der Waals surface area contributed by atoms with Crippen LogP contribution < -0.4 is 4.90 Å². The van der Waals surface area contributed by atoms with Gasteiger partial charge < -0.3 is 24.6 Å². The molecule has 6 atom stereocenters. The summed E-state index contributed by atoms with van der Waals surface area (Å²) >= 11 is 0. The van der Waals surface area contributed by atoms with Crippen LogP contribution in [0.5, 0.6) is 0 Å². The van der Waals surface area contributed by atoms with Crippen LogP contribution in [0.3, 0.4) is 0 Å². The van der Waals surface area contributed by atoms with Crippen molar-refractivity contribution in [3.8, 4) is 0 Å². The van der Waals surface area contributed by atoms with Gasteiger partial charge in [0, 0.05) is 67.3 Å². The second kappa shape index (κ2) is 10.6. The van der Waals surface area contributed by atoms with Gasteiger partial charge in [-0.25, -0.2) is 0 Å². The van der Waals surface area contributed by atoms with Gasteiger partial charge in [-0.05, 0) is 92.9 Å². The Balaban J connectivity index is 1.32. The Kier molecular flexibility index (Phi) is 7.23. The zero-order valence-corrected chi connectivity index (χ0v) is 25.2. The van der Waals surface area contributed by atoms with Crippen LogP contribution in [-0.4, -0.2) is 65.0 Å². The van der Waals surface area contributed by atoms with Crippen molar-refractivity contribution in [1.29, 1.82) is 0 Å². The molecule has 2 saturated heterocycles. The molecule has 8 nitrogen and oxygen atoms in total. The number of piperidine rings is 1. The molecule has 2 heterocycles. The highest BCUT2D eigenvalue weighted by atomic mass is 16.7. The molecule has 6 aliphatic rings. The van der Waals surface area contributed by atoms with E-state index in [1.807, 2.05) is 0 Å². The molecular formula is C34H48N2O6. The Morgan fingerprint density at radius 1 is 1.05 bits per heavy atom. The lowest BCUT2D eigenvalue weighted by Crippen LogP contribution is -2.57. The van der Waals surface area contributed by atoms with E-state index in [9.17, 15) is 20.3 Å². The van der Waals surface area contributed by atoms with E-state index in [0.29, 0.717) is 51.7 Å². The SMILES string of the molecule is C[C@]12C[C@H](c3ccc(N4CCCCC4)cc3)C3=C4CCC5(C[C@]4(O)CC[C@H]3[C@@H]1CC[C@]2(CCCO)[N+](=O)[O-])OCCO5. The highest BCUT2D eigenvalue weighted by Gasteiger charge is 2.70. The first kappa shape index (κ1) is 28.8. The van der Waals surface area contributed by atoms with Crippen LogP contribution in [0.4, 0.5) is 5.69 Å². The minimum Gasteiger partial charge on any atom is -0.396 e. The quantitative estimate of drug-likeness (QED) is 0.251. The van der Waals surface area contributed by atoms with Gasteiger partial charge in [-0.3, -0.25) is 10.1 Å². The molecule has 4 aliphatic carbocycles. The summed E-state index contributed by atoms with van der Waals surface area (Å²) in [6.45, 7) is 5.51. The molecule has 1 aromatic carbocycles. The van der Waals surface area contributed by atoms with Crippen molar-refractivity contribution in [2.24, 2.45) is 17.3 Å². The third-order valence-corrected chi connectivity index (χ3v) is 12.7. The van der Waals surface area contributed by atoms with Crippen molar-refractivity contribution in [3.05, 3.63) is 51.1 Å². The maximum absolute atomic E-state index is 13.0. The topological polar surface area (TPSA) is 105 Å². The van der Waals surface area contributed by atoms with Crippen molar-refractivity contribution >= 4 is 5.69 Å². The standard InChI is InChI=1S/C34H48N2O6/c1-31-22-27(24-6-8-25(9-7-24)35-17-3-2-4-18-35)30-26(28(31)11-15-33(31,36(39)40)13-5-19-37)10-14-32(38)23-34(16-12-29(30)32)41-20-21-42-34/h6-9,26-28,37-38H,2-5,10-23H2,1H3/t26-,27+,28-,31-,32+,33-/m0/s1. The van der Waals surface area contributed by atoms with E-state index >= 15 is 0 Å². The lowest BCUT2D eigenvalue weighted by molar-refractivity contribution is -0.591. The van der Waals surface area contributed by atoms with Crippen LogP contribution in [0.15, 0.2) is 35.4 Å². The average molecular weight is 581 g/mol. The van der Waals surface area contributed by atoms with E-state index in [4.69, 9.17) is 9.47 Å². The van der Waals surface area contributed by atoms with E-state index < -0.39 is 22.3 Å². The van der Waals surface area contributed by atoms with Gasteiger partial charge in [-0.2, -0.15) is 0 Å². The predicted octanol–water partition coefficient (Wildman–Crippen LogP) is 5.73. The number of aliphatic hydroxyl groups excluding tert-OH is 1. The third kappa shape index (κ3) is 4.30. The fourth-order valence-corrected chi connectivity index (χ4v) is 10.6. The number of fused-ring (bicyclic) bond motifs is 4. The third-order valence-electron chi connectivity index (χ3n) is 12.7. The lowest BCUT2D eigenvalue weighted by Gasteiger charge is -2.56. The van der Waals surface area contributed by atoms with E-state index in [0.717, 1.165) is 38.8 Å². The van der Waals surface area contributed by atoms with E-state index in [-0.39, 0.29) is 29.3 Å². The Labute approximate surface area is 249 Å². The monoisotopic (exact) mass is 580 g/mol. The molecule has 0 unspecified atom stereocenters. The molecule has 42 heavy (non-hydrogen) atoms. The molecule has 7 rings (SSSR count). The number of hydrogen-bond donors (Lipinski definition) is 2. The molecule has 5 fully saturated rings. The number of aliphatic hydroxyl groups is 2. The van der Waals surface area contributed by atoms with Crippen LogP contribution in [0.1, 0.15) is 102 Å². The predicted molar refractivity (Wildman–Crippen MR) is 160 cm³/mol. The average Bonchev–Trinajstić information content (AvgIpc) is 3.57. The molecule has 0 aromatic heterocycles. The van der Waals surface area contributed by atoms with E-state index in [1.165, 1.54) is 41.7 Å². The molecule has 8 heteroatoms. The van der Waals surface area contributed by atoms with Crippen LogP contribution in [-0.2, 0) is 9.47 Å². The first-order valence-electron chi connectivity index (χ1n) is 16.6. The van der Waals surface area contributed by atoms with Gasteiger partial charge in [-0.15, -0.1) is 0 Å². The maximum Gasteiger partial charge on any atom is 0.227 e. The van der Waals surface area contributed by atoms with Gasteiger partial charge in [-0.1, -0.05) is 24.6 Å². The van der Waals surface area contributed by atoms with Gasteiger partial charge in [0.25, 0.3) is 0 Å². The van der Waals surface area contributed by atoms with Crippen LogP contribution in [0.2, 0.25) is 0 Å². The fraction of sp³-hybridized carbons (Fsp3) is 0.765. The Morgan fingerprint density at radius 2 is 1.79 bits per heavy atom. The van der Waals surface area contributed by atoms with E-state index in [1.54, 1.807) is 0 Å². The minimum absolute atomic E-state index is 0.0185. The maximum atomic E-state index is 13.0. The van der Waals surface area contributed by atoms with Gasteiger partial charge in [0.1, 0.15) is 0 Å². The zero-order valence-electron chi connectivity index (χ0n) is 25.2. The van der Waals surface area contributed by atoms with Crippen LogP contribution >= 0.6 is 0 Å². The van der Waals surface area contributed by atoms with Gasteiger partial charge >= 0.3 is 0 Å². The zero-order chi connectivity index (χ0) is 29.2. The second-order valence-electron chi connectivity index (χ2n) is 14.5.